The van der Waals surface area contributed by atoms with Crippen molar-refractivity contribution < 1.29 is 9.05 Å². The highest BCUT2D eigenvalue weighted by atomic mass is 35.5. The van der Waals surface area contributed by atoms with E-state index in [1.54, 1.807) is 0 Å². The summed E-state index contributed by atoms with van der Waals surface area (Å²) in [5.74, 6) is 1.31. The third kappa shape index (κ3) is 6.22. The van der Waals surface area contributed by atoms with Crippen molar-refractivity contribution >= 4 is 31.6 Å². The van der Waals surface area contributed by atoms with Gasteiger partial charge < -0.3 is 9.05 Å². The minimum atomic E-state index is -1.13. The van der Waals surface area contributed by atoms with Gasteiger partial charge in [0.15, 0.2) is 0 Å². The molecule has 5 heteroatoms. The smallest absolute Gasteiger partial charge is 0.290 e. The molecular weight excluding hydrogens is 350 g/mol. The summed E-state index contributed by atoms with van der Waals surface area (Å²) in [5, 5.41) is 1.19. The maximum Gasteiger partial charge on any atom is 0.290 e. The lowest BCUT2D eigenvalue weighted by atomic mass is 10.2. The molecule has 0 spiro atoms. The van der Waals surface area contributed by atoms with E-state index in [1.165, 1.54) is 19.3 Å². The van der Waals surface area contributed by atoms with Crippen molar-refractivity contribution in [3.05, 3.63) is 58.6 Å². The molecule has 0 atom stereocenters. The SMILES string of the molecule is CCCCCCP(Oc1ccccc1Cl)Oc1ccccc1Cl. The summed E-state index contributed by atoms with van der Waals surface area (Å²) in [6.07, 6.45) is 5.52. The van der Waals surface area contributed by atoms with Gasteiger partial charge in [0.2, 0.25) is 0 Å². The Bertz CT molecular complexity index is 560. The van der Waals surface area contributed by atoms with Crippen LogP contribution in [0.1, 0.15) is 32.6 Å². The highest BCUT2D eigenvalue weighted by Gasteiger charge is 2.17. The van der Waals surface area contributed by atoms with Crippen LogP contribution in [-0.2, 0) is 0 Å². The van der Waals surface area contributed by atoms with E-state index in [-0.39, 0.29) is 0 Å². The quantitative estimate of drug-likeness (QED) is 0.339. The van der Waals surface area contributed by atoms with Gasteiger partial charge in [0.05, 0.1) is 10.0 Å². The summed E-state index contributed by atoms with van der Waals surface area (Å²) in [5.41, 5.74) is 0. The lowest BCUT2D eigenvalue weighted by Gasteiger charge is -2.20. The number of para-hydroxylation sites is 2. The Morgan fingerprint density at radius 1 is 0.783 bits per heavy atom. The molecule has 0 amide bonds. The molecule has 2 rings (SSSR count). The Labute approximate surface area is 149 Å². The molecule has 0 aliphatic carbocycles. The normalized spacial score (nSPS) is 10.8. The van der Waals surface area contributed by atoms with Crippen molar-refractivity contribution in [1.82, 2.24) is 0 Å². The zero-order valence-electron chi connectivity index (χ0n) is 13.2. The fraction of sp³-hybridized carbons (Fsp3) is 0.333. The van der Waals surface area contributed by atoms with Crippen LogP contribution in [0.4, 0.5) is 0 Å². The number of hydrogen-bond acceptors (Lipinski definition) is 2. The molecular formula is C18H21Cl2O2P. The molecule has 0 saturated heterocycles. The van der Waals surface area contributed by atoms with Crippen molar-refractivity contribution in [2.24, 2.45) is 0 Å². The van der Waals surface area contributed by atoms with Crippen molar-refractivity contribution in [3.8, 4) is 11.5 Å². The summed E-state index contributed by atoms with van der Waals surface area (Å²) in [6, 6.07) is 14.9. The van der Waals surface area contributed by atoms with Crippen molar-refractivity contribution in [3.63, 3.8) is 0 Å². The molecule has 0 aromatic heterocycles. The summed E-state index contributed by atoms with van der Waals surface area (Å²) in [6.45, 7) is 2.20. The van der Waals surface area contributed by atoms with Crippen molar-refractivity contribution in [2.45, 2.75) is 32.6 Å². The van der Waals surface area contributed by atoms with E-state index in [2.05, 4.69) is 6.92 Å². The largest absolute Gasteiger partial charge is 0.437 e. The number of unbranched alkanes of at least 4 members (excludes halogenated alkanes) is 3. The molecule has 124 valence electrons. The minimum absolute atomic E-state index is 0.594. The molecule has 0 saturated carbocycles. The van der Waals surface area contributed by atoms with E-state index in [0.717, 1.165) is 12.6 Å². The molecule has 2 nitrogen and oxygen atoms in total. The first-order valence-electron chi connectivity index (χ1n) is 7.83. The van der Waals surface area contributed by atoms with Crippen molar-refractivity contribution in [2.75, 3.05) is 6.16 Å². The third-order valence-electron chi connectivity index (χ3n) is 3.27. The fourth-order valence-electron chi connectivity index (χ4n) is 2.03. The molecule has 0 bridgehead atoms. The predicted molar refractivity (Wildman–Crippen MR) is 100 cm³/mol. The first kappa shape index (κ1) is 18.4. The molecule has 0 heterocycles. The lowest BCUT2D eigenvalue weighted by molar-refractivity contribution is 0.485. The Hall–Kier alpha value is -0.950. The fourth-order valence-corrected chi connectivity index (χ4v) is 3.95. The van der Waals surface area contributed by atoms with Crippen LogP contribution in [0.5, 0.6) is 11.5 Å². The first-order chi connectivity index (χ1) is 11.2. The molecule has 0 fully saturated rings. The Morgan fingerprint density at radius 2 is 1.30 bits per heavy atom. The van der Waals surface area contributed by atoms with Crippen molar-refractivity contribution in [1.29, 1.82) is 0 Å². The molecule has 23 heavy (non-hydrogen) atoms. The number of benzene rings is 2. The van der Waals surface area contributed by atoms with E-state index >= 15 is 0 Å². The maximum absolute atomic E-state index is 6.19. The number of hydrogen-bond donors (Lipinski definition) is 0. The van der Waals surface area contributed by atoms with Gasteiger partial charge in [-0.05, 0) is 30.7 Å². The molecule has 0 unspecified atom stereocenters. The molecule has 0 aliphatic rings. The maximum atomic E-state index is 6.19. The Kier molecular flexibility index (Phi) is 8.02. The minimum Gasteiger partial charge on any atom is -0.437 e. The van der Waals surface area contributed by atoms with Crippen LogP contribution in [0.3, 0.4) is 0 Å². The van der Waals surface area contributed by atoms with E-state index in [4.69, 9.17) is 32.2 Å². The highest BCUT2D eigenvalue weighted by molar-refractivity contribution is 7.48. The van der Waals surface area contributed by atoms with Crippen LogP contribution >= 0.6 is 31.6 Å². The molecule has 0 aliphatic heterocycles. The Morgan fingerprint density at radius 3 is 1.78 bits per heavy atom. The third-order valence-corrected chi connectivity index (χ3v) is 5.37. The topological polar surface area (TPSA) is 18.5 Å². The van der Waals surface area contributed by atoms with Crippen LogP contribution in [0.15, 0.2) is 48.5 Å². The highest BCUT2D eigenvalue weighted by Crippen LogP contribution is 2.44. The van der Waals surface area contributed by atoms with Gasteiger partial charge in [-0.3, -0.25) is 0 Å². The first-order valence-corrected chi connectivity index (χ1v) is 9.95. The standard InChI is InChI=1S/C18H21Cl2O2P/c1-2-3-4-9-14-23(21-17-12-7-5-10-15(17)19)22-18-13-8-6-11-16(18)20/h5-8,10-13H,2-4,9,14H2,1H3. The second kappa shape index (κ2) is 10.0. The number of halogens is 2. The second-order valence-electron chi connectivity index (χ2n) is 5.16. The summed E-state index contributed by atoms with van der Waals surface area (Å²) in [7, 11) is -1.13. The van der Waals surface area contributed by atoms with Gasteiger partial charge in [0.1, 0.15) is 11.5 Å². The molecule has 0 N–H and O–H groups in total. The van der Waals surface area contributed by atoms with Gasteiger partial charge in [-0.15, -0.1) is 0 Å². The van der Waals surface area contributed by atoms with Crippen LogP contribution in [0.2, 0.25) is 10.0 Å². The van der Waals surface area contributed by atoms with Gasteiger partial charge in [-0.2, -0.15) is 0 Å². The zero-order valence-corrected chi connectivity index (χ0v) is 15.6. The van der Waals surface area contributed by atoms with Crippen LogP contribution in [0, 0.1) is 0 Å². The van der Waals surface area contributed by atoms with Crippen LogP contribution < -0.4 is 9.05 Å². The van der Waals surface area contributed by atoms with E-state index < -0.39 is 8.38 Å². The van der Waals surface area contributed by atoms with Gasteiger partial charge in [0, 0.05) is 6.16 Å². The van der Waals surface area contributed by atoms with E-state index in [1.807, 2.05) is 48.5 Å². The average molecular weight is 371 g/mol. The summed E-state index contributed by atoms with van der Waals surface area (Å²) in [4.78, 5) is 0. The zero-order chi connectivity index (χ0) is 16.5. The average Bonchev–Trinajstić information content (AvgIpc) is 2.55. The van der Waals surface area contributed by atoms with Gasteiger partial charge in [-0.25, -0.2) is 0 Å². The van der Waals surface area contributed by atoms with Gasteiger partial charge in [0.25, 0.3) is 8.38 Å². The summed E-state index contributed by atoms with van der Waals surface area (Å²) >= 11 is 12.4. The molecule has 2 aromatic rings. The van der Waals surface area contributed by atoms with E-state index in [0.29, 0.717) is 21.5 Å². The second-order valence-corrected chi connectivity index (χ2v) is 7.45. The predicted octanol–water partition coefficient (Wildman–Crippen LogP) is 7.34. The molecule has 2 aromatic carbocycles. The number of rotatable bonds is 9. The van der Waals surface area contributed by atoms with Gasteiger partial charge in [-0.1, -0.05) is 73.7 Å². The van der Waals surface area contributed by atoms with Gasteiger partial charge >= 0.3 is 0 Å². The monoisotopic (exact) mass is 370 g/mol. The Balaban J connectivity index is 2.05. The van der Waals surface area contributed by atoms with Crippen LogP contribution in [-0.4, -0.2) is 6.16 Å². The lowest BCUT2D eigenvalue weighted by Crippen LogP contribution is -2.01. The summed E-state index contributed by atoms with van der Waals surface area (Å²) < 4.78 is 12.1. The van der Waals surface area contributed by atoms with E-state index in [9.17, 15) is 0 Å². The van der Waals surface area contributed by atoms with Crippen LogP contribution in [0.25, 0.3) is 0 Å². The molecule has 0 radical (unpaired) electrons.